The fourth-order valence-electron chi connectivity index (χ4n) is 3.02. The quantitative estimate of drug-likeness (QED) is 0.503. The van der Waals surface area contributed by atoms with Gasteiger partial charge in [0, 0.05) is 0 Å². The molecule has 0 unspecified atom stereocenters. The molecule has 2 heterocycles. The van der Waals surface area contributed by atoms with Crippen LogP contribution in [-0.4, -0.2) is 18.2 Å². The van der Waals surface area contributed by atoms with Crippen molar-refractivity contribution < 1.29 is 8.42 Å². The van der Waals surface area contributed by atoms with Gasteiger partial charge in [0.15, 0.2) is 0 Å². The van der Waals surface area contributed by atoms with Gasteiger partial charge in [-0.15, -0.1) is 11.3 Å². The highest BCUT2D eigenvalue weighted by molar-refractivity contribution is 7.92. The van der Waals surface area contributed by atoms with Crippen molar-refractivity contribution in [3.05, 3.63) is 83.4 Å². The van der Waals surface area contributed by atoms with Crippen LogP contribution >= 0.6 is 11.3 Å². The summed E-state index contributed by atoms with van der Waals surface area (Å²) in [4.78, 5) is 0.956. The van der Waals surface area contributed by atoms with Crippen molar-refractivity contribution in [3.8, 4) is 16.3 Å². The maximum Gasteiger partial charge on any atom is 0.265 e. The van der Waals surface area contributed by atoms with Crippen LogP contribution in [0.2, 0.25) is 0 Å². The largest absolute Gasteiger partial charge is 0.279 e. The van der Waals surface area contributed by atoms with Gasteiger partial charge in [0.2, 0.25) is 0 Å². The Balaban J connectivity index is 1.85. The molecule has 0 bridgehead atoms. The number of para-hydroxylation sites is 2. The van der Waals surface area contributed by atoms with Gasteiger partial charge >= 0.3 is 0 Å². The number of hydrogen-bond acceptors (Lipinski definition) is 4. The average molecular weight is 410 g/mol. The minimum Gasteiger partial charge on any atom is -0.279 e. The minimum absolute atomic E-state index is 0.154. The molecule has 0 saturated heterocycles. The Labute approximate surface area is 168 Å². The van der Waals surface area contributed by atoms with Gasteiger partial charge in [0.1, 0.15) is 10.6 Å². The Morgan fingerprint density at radius 3 is 2.29 bits per heavy atom. The highest BCUT2D eigenvalue weighted by Gasteiger charge is 2.25. The Morgan fingerprint density at radius 1 is 0.929 bits per heavy atom. The van der Waals surface area contributed by atoms with Crippen LogP contribution in [-0.2, 0) is 10.0 Å². The fraction of sp³-hybridized carbons (Fsp3) is 0.0952. The first-order valence-corrected chi connectivity index (χ1v) is 11.1. The first-order chi connectivity index (χ1) is 13.5. The van der Waals surface area contributed by atoms with Gasteiger partial charge in [-0.1, -0.05) is 42.5 Å². The molecule has 0 aliphatic heterocycles. The van der Waals surface area contributed by atoms with Crippen LogP contribution < -0.4 is 4.72 Å². The zero-order chi connectivity index (χ0) is 19.7. The van der Waals surface area contributed by atoms with Crippen LogP contribution in [0.5, 0.6) is 0 Å². The second-order valence-corrected chi connectivity index (χ2v) is 9.07. The molecule has 0 aliphatic carbocycles. The van der Waals surface area contributed by atoms with Crippen molar-refractivity contribution in [2.24, 2.45) is 0 Å². The summed E-state index contributed by atoms with van der Waals surface area (Å²) >= 11 is 1.46. The summed E-state index contributed by atoms with van der Waals surface area (Å²) in [5.74, 6) is 0. The molecule has 7 heteroatoms. The molecule has 0 atom stereocenters. The summed E-state index contributed by atoms with van der Waals surface area (Å²) in [6, 6.07) is 18.9. The SMILES string of the molecule is Cc1cccc(C)c1NS(=O)(=O)c1cn(-c2ccccc2)nc1-c1cccs1. The van der Waals surface area contributed by atoms with Gasteiger partial charge in [0.25, 0.3) is 10.0 Å². The Kier molecular flexibility index (Phi) is 4.78. The monoisotopic (exact) mass is 409 g/mol. The van der Waals surface area contributed by atoms with Gasteiger partial charge in [-0.3, -0.25) is 4.72 Å². The molecule has 28 heavy (non-hydrogen) atoms. The number of nitrogens with zero attached hydrogens (tertiary/aromatic N) is 2. The molecule has 0 fully saturated rings. The zero-order valence-corrected chi connectivity index (χ0v) is 17.1. The Bertz CT molecular complexity index is 1190. The van der Waals surface area contributed by atoms with Gasteiger partial charge in [-0.2, -0.15) is 5.10 Å². The van der Waals surface area contributed by atoms with Gasteiger partial charge in [0.05, 0.1) is 22.4 Å². The predicted molar refractivity (Wildman–Crippen MR) is 114 cm³/mol. The van der Waals surface area contributed by atoms with Crippen molar-refractivity contribution in [1.82, 2.24) is 9.78 Å². The predicted octanol–water partition coefficient (Wildman–Crippen LogP) is 5.02. The van der Waals surface area contributed by atoms with Gasteiger partial charge in [-0.05, 0) is 48.6 Å². The van der Waals surface area contributed by atoms with Crippen LogP contribution in [0.15, 0.2) is 77.1 Å². The van der Waals surface area contributed by atoms with Crippen molar-refractivity contribution in [2.75, 3.05) is 4.72 Å². The van der Waals surface area contributed by atoms with E-state index in [1.54, 1.807) is 10.9 Å². The number of aromatic nitrogens is 2. The molecule has 1 N–H and O–H groups in total. The lowest BCUT2D eigenvalue weighted by atomic mass is 10.1. The lowest BCUT2D eigenvalue weighted by Gasteiger charge is -2.12. The molecular formula is C21H19N3O2S2. The molecule has 0 saturated carbocycles. The molecule has 2 aromatic carbocycles. The molecule has 5 nitrogen and oxygen atoms in total. The van der Waals surface area contributed by atoms with E-state index in [2.05, 4.69) is 9.82 Å². The van der Waals surface area contributed by atoms with Crippen molar-refractivity contribution in [3.63, 3.8) is 0 Å². The highest BCUT2D eigenvalue weighted by Crippen LogP contribution is 2.32. The van der Waals surface area contributed by atoms with Crippen LogP contribution in [0.4, 0.5) is 5.69 Å². The van der Waals surface area contributed by atoms with E-state index in [0.717, 1.165) is 21.7 Å². The molecule has 4 aromatic rings. The topological polar surface area (TPSA) is 64.0 Å². The van der Waals surface area contributed by atoms with Gasteiger partial charge in [-0.25, -0.2) is 13.1 Å². The maximum absolute atomic E-state index is 13.3. The molecule has 0 amide bonds. The molecule has 0 aliphatic rings. The Hall–Kier alpha value is -2.90. The second-order valence-electron chi connectivity index (χ2n) is 6.47. The maximum atomic E-state index is 13.3. The number of sulfonamides is 1. The van der Waals surface area contributed by atoms with E-state index < -0.39 is 10.0 Å². The summed E-state index contributed by atoms with van der Waals surface area (Å²) in [7, 11) is -3.83. The number of anilines is 1. The lowest BCUT2D eigenvalue weighted by Crippen LogP contribution is -2.15. The average Bonchev–Trinajstić information content (AvgIpc) is 3.35. The molecule has 0 spiro atoms. The summed E-state index contributed by atoms with van der Waals surface area (Å²) in [5.41, 5.74) is 3.59. The van der Waals surface area contributed by atoms with E-state index in [1.165, 1.54) is 11.3 Å². The first kappa shape index (κ1) is 18.5. The molecule has 0 radical (unpaired) electrons. The van der Waals surface area contributed by atoms with E-state index in [4.69, 9.17) is 0 Å². The van der Waals surface area contributed by atoms with E-state index in [-0.39, 0.29) is 4.90 Å². The molecule has 142 valence electrons. The van der Waals surface area contributed by atoms with E-state index in [9.17, 15) is 8.42 Å². The molecule has 4 rings (SSSR count). The van der Waals surface area contributed by atoms with Crippen molar-refractivity contribution in [1.29, 1.82) is 0 Å². The minimum atomic E-state index is -3.83. The third-order valence-corrected chi connectivity index (χ3v) is 6.69. The van der Waals surface area contributed by atoms with Gasteiger partial charge < -0.3 is 0 Å². The summed E-state index contributed by atoms with van der Waals surface area (Å²) < 4.78 is 31.0. The molecule has 2 aromatic heterocycles. The van der Waals surface area contributed by atoms with Crippen molar-refractivity contribution in [2.45, 2.75) is 18.7 Å². The first-order valence-electron chi connectivity index (χ1n) is 8.74. The second kappa shape index (κ2) is 7.26. The summed E-state index contributed by atoms with van der Waals surface area (Å²) in [6.07, 6.45) is 1.57. The van der Waals surface area contributed by atoms with Crippen LogP contribution in [0.25, 0.3) is 16.3 Å². The van der Waals surface area contributed by atoms with Crippen LogP contribution in [0.3, 0.4) is 0 Å². The number of hydrogen-bond donors (Lipinski definition) is 1. The number of thiophene rings is 1. The smallest absolute Gasteiger partial charge is 0.265 e. The zero-order valence-electron chi connectivity index (χ0n) is 15.5. The van der Waals surface area contributed by atoms with Crippen LogP contribution in [0, 0.1) is 13.8 Å². The normalized spacial score (nSPS) is 11.5. The van der Waals surface area contributed by atoms with Crippen molar-refractivity contribution >= 4 is 27.0 Å². The third kappa shape index (κ3) is 3.46. The summed E-state index contributed by atoms with van der Waals surface area (Å²) in [6.45, 7) is 3.77. The van der Waals surface area contributed by atoms with E-state index in [0.29, 0.717) is 11.4 Å². The van der Waals surface area contributed by atoms with Crippen LogP contribution in [0.1, 0.15) is 11.1 Å². The third-order valence-electron chi connectivity index (χ3n) is 4.46. The molecular weight excluding hydrogens is 390 g/mol. The number of nitrogens with one attached hydrogen (secondary N) is 1. The number of benzene rings is 2. The standard InChI is InChI=1S/C21H19N3O2S2/c1-15-8-6-9-16(2)20(15)23-28(25,26)19-14-24(17-10-4-3-5-11-17)22-21(19)18-12-7-13-27-18/h3-14,23H,1-2H3. The highest BCUT2D eigenvalue weighted by atomic mass is 32.2. The summed E-state index contributed by atoms with van der Waals surface area (Å²) in [5, 5.41) is 6.49. The van der Waals surface area contributed by atoms with E-state index >= 15 is 0 Å². The number of aryl methyl sites for hydroxylation is 2. The van der Waals surface area contributed by atoms with E-state index in [1.807, 2.05) is 79.9 Å². The fourth-order valence-corrected chi connectivity index (χ4v) is 5.15. The Morgan fingerprint density at radius 2 is 1.64 bits per heavy atom. The lowest BCUT2D eigenvalue weighted by molar-refractivity contribution is 0.601. The number of rotatable bonds is 5.